The van der Waals surface area contributed by atoms with E-state index in [2.05, 4.69) is 15.9 Å². The first-order valence-corrected chi connectivity index (χ1v) is 4.51. The smallest absolute Gasteiger partial charge is 0.137 e. The standard InChI is InChI=1S/C7H5BrF2.C2H6/c1-4-2-7(10)5(8)3-6(4)9;1-2/h2-3H,1H3;1-2H3. The van der Waals surface area contributed by atoms with Crippen LogP contribution in [0.3, 0.4) is 0 Å². The molecule has 0 spiro atoms. The van der Waals surface area contributed by atoms with Gasteiger partial charge in [-0.15, -0.1) is 0 Å². The summed E-state index contributed by atoms with van der Waals surface area (Å²) in [6.07, 6.45) is 0. The molecule has 0 aliphatic heterocycles. The molecule has 1 aromatic carbocycles. The summed E-state index contributed by atoms with van der Waals surface area (Å²) >= 11 is 2.87. The highest BCUT2D eigenvalue weighted by molar-refractivity contribution is 9.10. The molecule has 0 radical (unpaired) electrons. The van der Waals surface area contributed by atoms with Gasteiger partial charge in [0.05, 0.1) is 4.47 Å². The van der Waals surface area contributed by atoms with Gasteiger partial charge < -0.3 is 0 Å². The number of aryl methyl sites for hydroxylation is 1. The Labute approximate surface area is 79.7 Å². The van der Waals surface area contributed by atoms with E-state index < -0.39 is 11.6 Å². The molecule has 1 rings (SSSR count). The average Bonchev–Trinajstić information content (AvgIpc) is 2.05. The van der Waals surface area contributed by atoms with Crippen LogP contribution in [-0.4, -0.2) is 0 Å². The van der Waals surface area contributed by atoms with Crippen molar-refractivity contribution in [3.8, 4) is 0 Å². The first-order chi connectivity index (χ1) is 5.61. The van der Waals surface area contributed by atoms with E-state index in [1.807, 2.05) is 13.8 Å². The lowest BCUT2D eigenvalue weighted by Gasteiger charge is -1.97. The first kappa shape index (κ1) is 11.6. The molecule has 1 aromatic rings. The van der Waals surface area contributed by atoms with Crippen molar-refractivity contribution in [1.82, 2.24) is 0 Å². The van der Waals surface area contributed by atoms with Crippen LogP contribution in [0.15, 0.2) is 16.6 Å². The normalized spacial score (nSPS) is 8.83. The van der Waals surface area contributed by atoms with E-state index in [4.69, 9.17) is 0 Å². The number of benzene rings is 1. The summed E-state index contributed by atoms with van der Waals surface area (Å²) < 4.78 is 25.3. The van der Waals surface area contributed by atoms with E-state index in [9.17, 15) is 8.78 Å². The van der Waals surface area contributed by atoms with Crippen molar-refractivity contribution in [2.45, 2.75) is 20.8 Å². The number of hydrogen-bond acceptors (Lipinski definition) is 0. The third-order valence-corrected chi connectivity index (χ3v) is 1.81. The lowest BCUT2D eigenvalue weighted by Crippen LogP contribution is -1.85. The maximum Gasteiger partial charge on any atom is 0.137 e. The average molecular weight is 237 g/mol. The maximum absolute atomic E-state index is 12.6. The van der Waals surface area contributed by atoms with E-state index in [0.717, 1.165) is 12.1 Å². The molecule has 0 N–H and O–H groups in total. The first-order valence-electron chi connectivity index (χ1n) is 3.72. The van der Waals surface area contributed by atoms with Crippen LogP contribution in [0.2, 0.25) is 0 Å². The lowest BCUT2D eigenvalue weighted by molar-refractivity contribution is 0.587. The fourth-order valence-electron chi connectivity index (χ4n) is 0.622. The van der Waals surface area contributed by atoms with Gasteiger partial charge in [-0.25, -0.2) is 8.78 Å². The van der Waals surface area contributed by atoms with Gasteiger partial charge in [0.15, 0.2) is 0 Å². The summed E-state index contributed by atoms with van der Waals surface area (Å²) in [4.78, 5) is 0. The fraction of sp³-hybridized carbons (Fsp3) is 0.333. The molecule has 0 fully saturated rings. The summed E-state index contributed by atoms with van der Waals surface area (Å²) in [5.41, 5.74) is 0.320. The maximum atomic E-state index is 12.6. The highest BCUT2D eigenvalue weighted by Crippen LogP contribution is 2.18. The van der Waals surface area contributed by atoms with Gasteiger partial charge in [0.1, 0.15) is 11.6 Å². The number of halogens is 3. The summed E-state index contributed by atoms with van der Waals surface area (Å²) in [5, 5.41) is 0. The monoisotopic (exact) mass is 236 g/mol. The molecule has 0 aliphatic rings. The minimum atomic E-state index is -0.432. The molecule has 0 aromatic heterocycles. The highest BCUT2D eigenvalue weighted by Gasteiger charge is 2.02. The molecule has 0 heterocycles. The molecule has 0 bridgehead atoms. The van der Waals surface area contributed by atoms with Crippen molar-refractivity contribution >= 4 is 15.9 Å². The van der Waals surface area contributed by atoms with Gasteiger partial charge in [0.2, 0.25) is 0 Å². The molecule has 0 saturated carbocycles. The van der Waals surface area contributed by atoms with E-state index >= 15 is 0 Å². The highest BCUT2D eigenvalue weighted by atomic mass is 79.9. The van der Waals surface area contributed by atoms with Gasteiger partial charge in [-0.05, 0) is 40.5 Å². The zero-order chi connectivity index (χ0) is 9.72. The molecule has 0 saturated heterocycles. The Bertz CT molecular complexity index is 209. The van der Waals surface area contributed by atoms with Crippen molar-refractivity contribution < 1.29 is 8.78 Å². The van der Waals surface area contributed by atoms with Crippen LogP contribution in [0.1, 0.15) is 19.4 Å². The third-order valence-electron chi connectivity index (χ3n) is 1.20. The van der Waals surface area contributed by atoms with Crippen LogP contribution in [0, 0.1) is 18.6 Å². The van der Waals surface area contributed by atoms with Crippen molar-refractivity contribution in [3.05, 3.63) is 33.8 Å². The van der Waals surface area contributed by atoms with Crippen LogP contribution < -0.4 is 0 Å². The third kappa shape index (κ3) is 2.89. The van der Waals surface area contributed by atoms with Crippen molar-refractivity contribution in [2.24, 2.45) is 0 Å². The Morgan fingerprint density at radius 3 is 2.00 bits per heavy atom. The van der Waals surface area contributed by atoms with Crippen LogP contribution in [0.25, 0.3) is 0 Å². The molecule has 3 heteroatoms. The zero-order valence-electron chi connectivity index (χ0n) is 7.29. The Morgan fingerprint density at radius 1 is 1.08 bits per heavy atom. The van der Waals surface area contributed by atoms with Crippen molar-refractivity contribution in [3.63, 3.8) is 0 Å². The molecule has 68 valence electrons. The Hall–Kier alpha value is -0.440. The van der Waals surface area contributed by atoms with Gasteiger partial charge in [0, 0.05) is 0 Å². The largest absolute Gasteiger partial charge is 0.207 e. The van der Waals surface area contributed by atoms with Gasteiger partial charge in [0.25, 0.3) is 0 Å². The Morgan fingerprint density at radius 2 is 1.58 bits per heavy atom. The minimum Gasteiger partial charge on any atom is -0.207 e. The Kier molecular flexibility index (Phi) is 5.06. The van der Waals surface area contributed by atoms with Gasteiger partial charge in [-0.1, -0.05) is 13.8 Å². The minimum absolute atomic E-state index is 0.163. The number of hydrogen-bond donors (Lipinski definition) is 0. The van der Waals surface area contributed by atoms with Crippen LogP contribution in [0.4, 0.5) is 8.78 Å². The van der Waals surface area contributed by atoms with Crippen molar-refractivity contribution in [2.75, 3.05) is 0 Å². The van der Waals surface area contributed by atoms with E-state index in [1.165, 1.54) is 6.92 Å². The lowest BCUT2D eigenvalue weighted by atomic mass is 10.2. The van der Waals surface area contributed by atoms with Crippen LogP contribution >= 0.6 is 15.9 Å². The molecule has 12 heavy (non-hydrogen) atoms. The quantitative estimate of drug-likeness (QED) is 0.597. The topological polar surface area (TPSA) is 0 Å². The second-order valence-corrected chi connectivity index (χ2v) is 2.87. The molecule has 0 aliphatic carbocycles. The predicted molar refractivity (Wildman–Crippen MR) is 50.1 cm³/mol. The summed E-state index contributed by atoms with van der Waals surface area (Å²) in [6.45, 7) is 5.52. The number of rotatable bonds is 0. The van der Waals surface area contributed by atoms with E-state index in [1.54, 1.807) is 0 Å². The Balaban J connectivity index is 0.000000561. The summed E-state index contributed by atoms with van der Waals surface area (Å²) in [6, 6.07) is 2.27. The second-order valence-electron chi connectivity index (χ2n) is 2.02. The fourth-order valence-corrected chi connectivity index (χ4v) is 0.937. The van der Waals surface area contributed by atoms with Gasteiger partial charge in [-0.3, -0.25) is 0 Å². The molecule has 0 unspecified atom stereocenters. The molecule has 0 nitrogen and oxygen atoms in total. The predicted octanol–water partition coefficient (Wildman–Crippen LogP) is 4.06. The molecule has 0 amide bonds. The van der Waals surface area contributed by atoms with E-state index in [0.29, 0.717) is 5.56 Å². The summed E-state index contributed by atoms with van der Waals surface area (Å²) in [5.74, 6) is -0.827. The van der Waals surface area contributed by atoms with Gasteiger partial charge in [-0.2, -0.15) is 0 Å². The molecular weight excluding hydrogens is 226 g/mol. The summed E-state index contributed by atoms with van der Waals surface area (Å²) in [7, 11) is 0. The molecular formula is C9H11BrF2. The second kappa shape index (κ2) is 5.25. The van der Waals surface area contributed by atoms with E-state index in [-0.39, 0.29) is 4.47 Å². The van der Waals surface area contributed by atoms with Gasteiger partial charge >= 0.3 is 0 Å². The van der Waals surface area contributed by atoms with Crippen LogP contribution in [-0.2, 0) is 0 Å². The van der Waals surface area contributed by atoms with Crippen molar-refractivity contribution in [1.29, 1.82) is 0 Å². The van der Waals surface area contributed by atoms with Crippen LogP contribution in [0.5, 0.6) is 0 Å². The SMILES string of the molecule is CC.Cc1cc(F)c(Br)cc1F. The zero-order valence-corrected chi connectivity index (χ0v) is 8.87. The molecule has 0 atom stereocenters.